The molecule has 0 aromatic carbocycles. The van der Waals surface area contributed by atoms with Gasteiger partial charge in [0.1, 0.15) is 31.0 Å². The molecule has 32 heavy (non-hydrogen) atoms. The lowest BCUT2D eigenvalue weighted by molar-refractivity contribution is -0.227. The molecule has 3 heterocycles. The number of aliphatic imine (C=N–C) groups is 1. The summed E-state index contributed by atoms with van der Waals surface area (Å²) in [5.41, 5.74) is 1.85. The van der Waals surface area contributed by atoms with Crippen LogP contribution in [0.1, 0.15) is 37.8 Å². The van der Waals surface area contributed by atoms with Gasteiger partial charge in [-0.15, -0.1) is 5.10 Å². The first-order valence-corrected chi connectivity index (χ1v) is 11.0. The largest absolute Gasteiger partial charge is 0.394 e. The third-order valence-electron chi connectivity index (χ3n) is 6.40. The summed E-state index contributed by atoms with van der Waals surface area (Å²) < 4.78 is 12.8. The SMILES string of the molecule is O=C(Cn1nncc1COCC1CCC1)C1=CN=C(CC2OC(CO)C(O)C(O)C2O)C1. The Balaban J connectivity index is 1.26. The van der Waals surface area contributed by atoms with Gasteiger partial charge >= 0.3 is 0 Å². The van der Waals surface area contributed by atoms with Gasteiger partial charge in [0.25, 0.3) is 0 Å². The van der Waals surface area contributed by atoms with Crippen LogP contribution >= 0.6 is 0 Å². The molecular formula is C21H30N4O7. The Kier molecular flexibility index (Phi) is 7.44. The van der Waals surface area contributed by atoms with Gasteiger partial charge < -0.3 is 29.9 Å². The van der Waals surface area contributed by atoms with E-state index in [9.17, 15) is 25.2 Å². The van der Waals surface area contributed by atoms with E-state index in [0.29, 0.717) is 30.4 Å². The molecule has 0 spiro atoms. The summed E-state index contributed by atoms with van der Waals surface area (Å²) in [7, 11) is 0. The van der Waals surface area contributed by atoms with E-state index in [1.165, 1.54) is 30.1 Å². The lowest BCUT2D eigenvalue weighted by atomic mass is 9.86. The summed E-state index contributed by atoms with van der Waals surface area (Å²) in [5, 5.41) is 47.2. The first kappa shape index (κ1) is 23.1. The Morgan fingerprint density at radius 2 is 1.97 bits per heavy atom. The summed E-state index contributed by atoms with van der Waals surface area (Å²) in [4.78, 5) is 17.0. The first-order chi connectivity index (χ1) is 15.5. The predicted octanol–water partition coefficient (Wildman–Crippen LogP) is -0.875. The van der Waals surface area contributed by atoms with Crippen LogP contribution in [0.25, 0.3) is 0 Å². The fourth-order valence-electron chi connectivity index (χ4n) is 4.11. The maximum atomic E-state index is 12.7. The zero-order chi connectivity index (χ0) is 22.7. The van der Waals surface area contributed by atoms with Crippen molar-refractivity contribution in [3.05, 3.63) is 23.7 Å². The van der Waals surface area contributed by atoms with Gasteiger partial charge in [0, 0.05) is 36.9 Å². The van der Waals surface area contributed by atoms with Gasteiger partial charge in [-0.3, -0.25) is 9.79 Å². The Labute approximate surface area is 185 Å². The third kappa shape index (κ3) is 5.13. The normalized spacial score (nSPS) is 30.7. The molecule has 176 valence electrons. The molecule has 0 bridgehead atoms. The monoisotopic (exact) mass is 450 g/mol. The Bertz CT molecular complexity index is 864. The van der Waals surface area contributed by atoms with Crippen molar-refractivity contribution in [3.63, 3.8) is 0 Å². The highest BCUT2D eigenvalue weighted by molar-refractivity contribution is 6.04. The second-order valence-corrected chi connectivity index (χ2v) is 8.72. The van der Waals surface area contributed by atoms with Crippen LogP contribution in [0.5, 0.6) is 0 Å². The van der Waals surface area contributed by atoms with Crippen molar-refractivity contribution in [3.8, 4) is 0 Å². The number of aliphatic hydroxyl groups is 4. The van der Waals surface area contributed by atoms with E-state index in [0.717, 1.165) is 5.69 Å². The maximum absolute atomic E-state index is 12.7. The average molecular weight is 450 g/mol. The topological polar surface area (TPSA) is 160 Å². The zero-order valence-electron chi connectivity index (χ0n) is 17.8. The van der Waals surface area contributed by atoms with Gasteiger partial charge in [-0.1, -0.05) is 11.6 Å². The van der Waals surface area contributed by atoms with E-state index in [4.69, 9.17) is 9.47 Å². The van der Waals surface area contributed by atoms with Crippen molar-refractivity contribution in [2.75, 3.05) is 13.2 Å². The molecule has 4 N–H and O–H groups in total. The summed E-state index contributed by atoms with van der Waals surface area (Å²) in [6.45, 7) is 0.603. The number of nitrogens with zero attached hydrogens (tertiary/aromatic N) is 4. The van der Waals surface area contributed by atoms with E-state index in [1.54, 1.807) is 6.20 Å². The number of hydrogen-bond donors (Lipinski definition) is 4. The standard InChI is InChI=1S/C21H30N4O7/c26-9-18-20(29)21(30)19(28)17(32-18)5-14-4-13(6-22-14)16(27)8-25-15(7-23-24-25)11-31-10-12-2-1-3-12/h6-7,12,17-21,26,28-30H,1-5,8-11H2. The van der Waals surface area contributed by atoms with Crippen LogP contribution in [-0.2, 0) is 27.4 Å². The molecule has 11 nitrogen and oxygen atoms in total. The highest BCUT2D eigenvalue weighted by Gasteiger charge is 2.43. The quantitative estimate of drug-likeness (QED) is 0.355. The minimum atomic E-state index is -1.43. The molecule has 4 rings (SSSR count). The molecule has 11 heteroatoms. The second-order valence-electron chi connectivity index (χ2n) is 8.72. The smallest absolute Gasteiger partial charge is 0.182 e. The van der Waals surface area contributed by atoms with Gasteiger partial charge in [-0.05, 0) is 18.8 Å². The molecule has 1 saturated heterocycles. The average Bonchev–Trinajstić information content (AvgIpc) is 3.40. The zero-order valence-corrected chi connectivity index (χ0v) is 17.8. The molecule has 1 aromatic heterocycles. The fourth-order valence-corrected chi connectivity index (χ4v) is 4.11. The van der Waals surface area contributed by atoms with Crippen molar-refractivity contribution in [1.29, 1.82) is 0 Å². The van der Waals surface area contributed by atoms with Crippen LogP contribution in [0.15, 0.2) is 23.0 Å². The molecule has 2 aliphatic heterocycles. The van der Waals surface area contributed by atoms with Crippen molar-refractivity contribution in [2.24, 2.45) is 10.9 Å². The lowest BCUT2D eigenvalue weighted by Gasteiger charge is -2.40. The maximum Gasteiger partial charge on any atom is 0.182 e. The number of hydrogen-bond acceptors (Lipinski definition) is 10. The van der Waals surface area contributed by atoms with E-state index in [-0.39, 0.29) is 25.2 Å². The lowest BCUT2D eigenvalue weighted by Crippen LogP contribution is -2.58. The van der Waals surface area contributed by atoms with E-state index >= 15 is 0 Å². The van der Waals surface area contributed by atoms with Gasteiger partial charge in [-0.2, -0.15) is 0 Å². The van der Waals surface area contributed by atoms with E-state index < -0.39 is 37.1 Å². The number of ether oxygens (including phenoxy) is 2. The Morgan fingerprint density at radius 3 is 2.69 bits per heavy atom. The highest BCUT2D eigenvalue weighted by Crippen LogP contribution is 2.27. The van der Waals surface area contributed by atoms with Gasteiger partial charge in [-0.25, -0.2) is 4.68 Å². The van der Waals surface area contributed by atoms with Crippen molar-refractivity contribution >= 4 is 11.5 Å². The van der Waals surface area contributed by atoms with Crippen molar-refractivity contribution < 1.29 is 34.7 Å². The van der Waals surface area contributed by atoms with Crippen LogP contribution in [-0.4, -0.2) is 90.6 Å². The number of carbonyl (C=O) groups is 1. The summed E-state index contributed by atoms with van der Waals surface area (Å²) in [6, 6.07) is 0. The third-order valence-corrected chi connectivity index (χ3v) is 6.40. The minimum Gasteiger partial charge on any atom is -0.394 e. The Morgan fingerprint density at radius 1 is 1.19 bits per heavy atom. The van der Waals surface area contributed by atoms with Crippen LogP contribution in [0.2, 0.25) is 0 Å². The van der Waals surface area contributed by atoms with Gasteiger partial charge in [0.2, 0.25) is 0 Å². The summed E-state index contributed by atoms with van der Waals surface area (Å²) in [6.07, 6.45) is 1.24. The molecule has 1 aromatic rings. The fraction of sp³-hybridized carbons (Fsp3) is 0.714. The Hall–Kier alpha value is -2.02. The van der Waals surface area contributed by atoms with Crippen LogP contribution in [0.4, 0.5) is 0 Å². The van der Waals surface area contributed by atoms with Crippen LogP contribution < -0.4 is 0 Å². The molecule has 0 radical (unpaired) electrons. The number of aliphatic hydroxyl groups excluding tert-OH is 4. The first-order valence-electron chi connectivity index (χ1n) is 11.0. The molecule has 5 unspecified atom stereocenters. The van der Waals surface area contributed by atoms with Crippen LogP contribution in [0.3, 0.4) is 0 Å². The molecule has 5 atom stereocenters. The highest BCUT2D eigenvalue weighted by atomic mass is 16.5. The number of ketones is 1. The van der Waals surface area contributed by atoms with Crippen LogP contribution in [0, 0.1) is 5.92 Å². The van der Waals surface area contributed by atoms with Gasteiger partial charge in [0.05, 0.1) is 31.2 Å². The molecule has 0 amide bonds. The molecule has 3 aliphatic rings. The molecular weight excluding hydrogens is 420 g/mol. The summed E-state index contributed by atoms with van der Waals surface area (Å²) in [5.74, 6) is 0.479. The van der Waals surface area contributed by atoms with E-state index in [1.807, 2.05) is 0 Å². The number of aromatic nitrogens is 3. The number of carbonyl (C=O) groups excluding carboxylic acids is 1. The predicted molar refractivity (Wildman–Crippen MR) is 111 cm³/mol. The van der Waals surface area contributed by atoms with E-state index in [2.05, 4.69) is 15.3 Å². The number of allylic oxidation sites excluding steroid dienone is 1. The molecule has 1 saturated carbocycles. The van der Waals surface area contributed by atoms with Crippen molar-refractivity contribution in [2.45, 2.75) is 75.8 Å². The molecule has 2 fully saturated rings. The number of Topliss-reactive ketones (excluding diaryl/α,β-unsaturated/α-hetero) is 1. The second kappa shape index (κ2) is 10.3. The van der Waals surface area contributed by atoms with Crippen molar-refractivity contribution in [1.82, 2.24) is 15.0 Å². The van der Waals surface area contributed by atoms with Gasteiger partial charge in [0.15, 0.2) is 5.78 Å². The molecule has 1 aliphatic carbocycles. The summed E-state index contributed by atoms with van der Waals surface area (Å²) >= 11 is 0. The number of rotatable bonds is 10. The minimum absolute atomic E-state index is 0.0246.